The van der Waals surface area contributed by atoms with E-state index < -0.39 is 0 Å². The molecule has 0 radical (unpaired) electrons. The second kappa shape index (κ2) is 5.44. The Hall–Kier alpha value is -1.80. The van der Waals surface area contributed by atoms with E-state index in [1.54, 1.807) is 7.11 Å². The van der Waals surface area contributed by atoms with Crippen molar-refractivity contribution in [3.8, 4) is 5.75 Å². The fourth-order valence-corrected chi connectivity index (χ4v) is 4.22. The molecule has 1 saturated carbocycles. The van der Waals surface area contributed by atoms with Crippen LogP contribution in [0.15, 0.2) is 48.5 Å². The highest BCUT2D eigenvalue weighted by molar-refractivity contribution is 5.44. The summed E-state index contributed by atoms with van der Waals surface area (Å²) in [5, 5.41) is 3.81. The van der Waals surface area contributed by atoms with Gasteiger partial charge in [0.1, 0.15) is 5.75 Å². The van der Waals surface area contributed by atoms with Gasteiger partial charge >= 0.3 is 0 Å². The second-order valence-electron chi connectivity index (χ2n) is 6.58. The van der Waals surface area contributed by atoms with Gasteiger partial charge in [0.2, 0.25) is 0 Å². The highest BCUT2D eigenvalue weighted by Gasteiger charge is 2.47. The lowest BCUT2D eigenvalue weighted by atomic mass is 9.58. The van der Waals surface area contributed by atoms with Gasteiger partial charge in [0, 0.05) is 11.5 Å². The quantitative estimate of drug-likeness (QED) is 0.923. The molecule has 2 aliphatic rings. The SMILES string of the molecule is COc1ccc2c(c1)C(C1(c3ccccc3)CCC1)NCC2. The molecule has 2 aromatic rings. The average molecular weight is 293 g/mol. The van der Waals surface area contributed by atoms with Gasteiger partial charge < -0.3 is 10.1 Å². The van der Waals surface area contributed by atoms with Crippen LogP contribution in [-0.2, 0) is 11.8 Å². The van der Waals surface area contributed by atoms with Crippen molar-refractivity contribution >= 4 is 0 Å². The smallest absolute Gasteiger partial charge is 0.119 e. The summed E-state index contributed by atoms with van der Waals surface area (Å²) in [5.41, 5.74) is 4.65. The van der Waals surface area contributed by atoms with E-state index in [4.69, 9.17) is 4.74 Å². The summed E-state index contributed by atoms with van der Waals surface area (Å²) < 4.78 is 5.47. The van der Waals surface area contributed by atoms with Crippen molar-refractivity contribution < 1.29 is 4.74 Å². The Bertz CT molecular complexity index is 661. The summed E-state index contributed by atoms with van der Waals surface area (Å²) in [6.45, 7) is 1.07. The number of nitrogens with one attached hydrogen (secondary N) is 1. The summed E-state index contributed by atoms with van der Waals surface area (Å²) in [7, 11) is 1.75. The number of benzene rings is 2. The first-order chi connectivity index (χ1) is 10.8. The standard InChI is InChI=1S/C20H23NO/c1-22-17-9-8-15-10-13-21-19(18(15)14-17)20(11-5-12-20)16-6-3-2-4-7-16/h2-4,6-9,14,19,21H,5,10-13H2,1H3. The van der Waals surface area contributed by atoms with E-state index in [0.29, 0.717) is 6.04 Å². The molecule has 4 rings (SSSR count). The topological polar surface area (TPSA) is 21.3 Å². The van der Waals surface area contributed by atoms with Crippen molar-refractivity contribution in [3.05, 3.63) is 65.2 Å². The van der Waals surface area contributed by atoms with E-state index in [2.05, 4.69) is 53.8 Å². The Morgan fingerprint density at radius 1 is 1.09 bits per heavy atom. The highest BCUT2D eigenvalue weighted by atomic mass is 16.5. The van der Waals surface area contributed by atoms with Gasteiger partial charge in [-0.2, -0.15) is 0 Å². The van der Waals surface area contributed by atoms with E-state index in [9.17, 15) is 0 Å². The van der Waals surface area contributed by atoms with Crippen LogP contribution in [0.5, 0.6) is 5.75 Å². The van der Waals surface area contributed by atoms with Crippen LogP contribution >= 0.6 is 0 Å². The Labute approximate surface area is 132 Å². The molecule has 2 nitrogen and oxygen atoms in total. The van der Waals surface area contributed by atoms with Gasteiger partial charge in [-0.3, -0.25) is 0 Å². The van der Waals surface area contributed by atoms with Crippen molar-refractivity contribution in [2.75, 3.05) is 13.7 Å². The van der Waals surface area contributed by atoms with Crippen molar-refractivity contribution in [3.63, 3.8) is 0 Å². The number of hydrogen-bond donors (Lipinski definition) is 1. The third kappa shape index (κ3) is 2.05. The highest BCUT2D eigenvalue weighted by Crippen LogP contribution is 2.53. The Morgan fingerprint density at radius 3 is 2.59 bits per heavy atom. The van der Waals surface area contributed by atoms with Gasteiger partial charge in [-0.15, -0.1) is 0 Å². The first-order valence-corrected chi connectivity index (χ1v) is 8.29. The summed E-state index contributed by atoms with van der Waals surface area (Å²) in [4.78, 5) is 0. The van der Waals surface area contributed by atoms with Crippen molar-refractivity contribution in [2.24, 2.45) is 0 Å². The monoisotopic (exact) mass is 293 g/mol. The third-order valence-corrected chi connectivity index (χ3v) is 5.55. The van der Waals surface area contributed by atoms with Gasteiger partial charge in [-0.25, -0.2) is 0 Å². The zero-order valence-corrected chi connectivity index (χ0v) is 13.1. The summed E-state index contributed by atoms with van der Waals surface area (Å²) >= 11 is 0. The number of ether oxygens (including phenoxy) is 1. The minimum absolute atomic E-state index is 0.253. The molecular formula is C20H23NO. The van der Waals surface area contributed by atoms with Crippen LogP contribution < -0.4 is 10.1 Å². The van der Waals surface area contributed by atoms with E-state index >= 15 is 0 Å². The molecule has 0 spiro atoms. The molecule has 22 heavy (non-hydrogen) atoms. The van der Waals surface area contributed by atoms with Crippen LogP contribution in [-0.4, -0.2) is 13.7 Å². The third-order valence-electron chi connectivity index (χ3n) is 5.55. The maximum absolute atomic E-state index is 5.47. The molecule has 114 valence electrons. The van der Waals surface area contributed by atoms with Gasteiger partial charge in [0.25, 0.3) is 0 Å². The summed E-state index contributed by atoms with van der Waals surface area (Å²) in [6.07, 6.45) is 4.98. The zero-order valence-electron chi connectivity index (χ0n) is 13.1. The van der Waals surface area contributed by atoms with Crippen LogP contribution in [0, 0.1) is 0 Å². The zero-order chi connectivity index (χ0) is 15.0. The van der Waals surface area contributed by atoms with E-state index in [1.165, 1.54) is 36.0 Å². The van der Waals surface area contributed by atoms with Crippen LogP contribution in [0.4, 0.5) is 0 Å². The predicted octanol–water partition coefficient (Wildman–Crippen LogP) is 4.00. The first kappa shape index (κ1) is 13.8. The molecule has 0 saturated heterocycles. The van der Waals surface area contributed by atoms with Crippen LogP contribution in [0.3, 0.4) is 0 Å². The van der Waals surface area contributed by atoms with Gasteiger partial charge in [-0.05, 0) is 54.6 Å². The molecule has 1 atom stereocenters. The van der Waals surface area contributed by atoms with Crippen LogP contribution in [0.2, 0.25) is 0 Å². The molecule has 2 aromatic carbocycles. The fraction of sp³-hybridized carbons (Fsp3) is 0.400. The number of rotatable bonds is 3. The molecule has 1 fully saturated rings. The van der Waals surface area contributed by atoms with E-state index in [1.807, 2.05) is 0 Å². The minimum atomic E-state index is 0.253. The summed E-state index contributed by atoms with van der Waals surface area (Å²) in [6, 6.07) is 18.1. The van der Waals surface area contributed by atoms with Crippen molar-refractivity contribution in [1.82, 2.24) is 5.32 Å². The molecule has 1 unspecified atom stereocenters. The molecule has 1 heterocycles. The Kier molecular flexibility index (Phi) is 3.42. The van der Waals surface area contributed by atoms with Gasteiger partial charge in [-0.1, -0.05) is 42.8 Å². The van der Waals surface area contributed by atoms with Crippen LogP contribution in [0.1, 0.15) is 42.0 Å². The van der Waals surface area contributed by atoms with Gasteiger partial charge in [0.15, 0.2) is 0 Å². The Balaban J connectivity index is 1.80. The maximum atomic E-state index is 5.47. The molecule has 0 amide bonds. The lowest BCUT2D eigenvalue weighted by molar-refractivity contribution is 0.164. The van der Waals surface area contributed by atoms with Gasteiger partial charge in [0.05, 0.1) is 7.11 Å². The largest absolute Gasteiger partial charge is 0.497 e. The number of fused-ring (bicyclic) bond motifs is 1. The second-order valence-corrected chi connectivity index (χ2v) is 6.58. The Morgan fingerprint density at radius 2 is 1.91 bits per heavy atom. The fourth-order valence-electron chi connectivity index (χ4n) is 4.22. The first-order valence-electron chi connectivity index (χ1n) is 8.29. The minimum Gasteiger partial charge on any atom is -0.497 e. The van der Waals surface area contributed by atoms with Crippen LogP contribution in [0.25, 0.3) is 0 Å². The molecule has 2 heteroatoms. The maximum Gasteiger partial charge on any atom is 0.119 e. The van der Waals surface area contributed by atoms with E-state index in [0.717, 1.165) is 18.7 Å². The number of hydrogen-bond acceptors (Lipinski definition) is 2. The molecular weight excluding hydrogens is 270 g/mol. The average Bonchev–Trinajstić information content (AvgIpc) is 2.55. The molecule has 1 N–H and O–H groups in total. The van der Waals surface area contributed by atoms with E-state index in [-0.39, 0.29) is 5.41 Å². The molecule has 1 aliphatic carbocycles. The predicted molar refractivity (Wildman–Crippen MR) is 89.4 cm³/mol. The molecule has 0 aromatic heterocycles. The van der Waals surface area contributed by atoms with Crippen molar-refractivity contribution in [2.45, 2.75) is 37.1 Å². The molecule has 1 aliphatic heterocycles. The summed E-state index contributed by atoms with van der Waals surface area (Å²) in [5.74, 6) is 0.968. The number of methoxy groups -OCH3 is 1. The molecule has 0 bridgehead atoms. The van der Waals surface area contributed by atoms with Crippen molar-refractivity contribution in [1.29, 1.82) is 0 Å². The lowest BCUT2D eigenvalue weighted by Gasteiger charge is -2.50. The normalized spacial score (nSPS) is 22.5. The lowest BCUT2D eigenvalue weighted by Crippen LogP contribution is -2.49.